The van der Waals surface area contributed by atoms with Crippen molar-refractivity contribution in [2.75, 3.05) is 0 Å². The van der Waals surface area contributed by atoms with Crippen LogP contribution in [-0.4, -0.2) is 0 Å². The fourth-order valence-electron chi connectivity index (χ4n) is 2.89. The van der Waals surface area contributed by atoms with Gasteiger partial charge in [0.25, 0.3) is 0 Å². The van der Waals surface area contributed by atoms with Crippen LogP contribution in [-0.2, 0) is 10.8 Å². The molecule has 0 unspecified atom stereocenters. The minimum Gasteiger partial charge on any atom is -0.289 e. The average molecular weight is 324 g/mol. The zero-order valence-electron chi connectivity index (χ0n) is 14.8. The lowest BCUT2D eigenvalue weighted by Crippen LogP contribution is -2.23. The second-order valence-electron chi connectivity index (χ2n) is 8.35. The van der Waals surface area contributed by atoms with E-state index in [1.807, 2.05) is 6.07 Å². The molecule has 0 amide bonds. The van der Waals surface area contributed by atoms with E-state index in [-0.39, 0.29) is 16.3 Å². The zero-order valence-corrected chi connectivity index (χ0v) is 15.6. The Morgan fingerprint density at radius 1 is 0.826 bits per heavy atom. The van der Waals surface area contributed by atoms with Crippen LogP contribution in [0.1, 0.15) is 52.7 Å². The van der Waals surface area contributed by atoms with Gasteiger partial charge in [0.05, 0.1) is 0 Å². The van der Waals surface area contributed by atoms with E-state index in [1.54, 1.807) is 11.3 Å². The maximum absolute atomic E-state index is 12.9. The fraction of sp³-hybridized carbons (Fsp3) is 0.381. The van der Waals surface area contributed by atoms with Crippen LogP contribution in [0.5, 0.6) is 0 Å². The van der Waals surface area contributed by atoms with Gasteiger partial charge in [0.15, 0.2) is 5.43 Å². The highest BCUT2D eigenvalue weighted by atomic mass is 32.1. The van der Waals surface area contributed by atoms with Crippen LogP contribution in [0.25, 0.3) is 20.5 Å². The Kier molecular flexibility index (Phi) is 3.64. The normalized spacial score (nSPS) is 13.0. The quantitative estimate of drug-likeness (QED) is 0.466. The van der Waals surface area contributed by atoms with Gasteiger partial charge in [0, 0.05) is 20.7 Å². The predicted octanol–water partition coefficient (Wildman–Crippen LogP) is 5.96. The summed E-state index contributed by atoms with van der Waals surface area (Å²) in [5, 5.41) is 1.16. The third-order valence-electron chi connectivity index (χ3n) is 4.36. The fourth-order valence-corrected chi connectivity index (χ4v) is 3.90. The minimum absolute atomic E-state index is 0.112. The number of rotatable bonds is 0. The molecule has 120 valence electrons. The van der Waals surface area contributed by atoms with Crippen molar-refractivity contribution in [2.45, 2.75) is 52.4 Å². The first-order valence-electron chi connectivity index (χ1n) is 8.09. The van der Waals surface area contributed by atoms with E-state index in [1.165, 1.54) is 10.3 Å². The number of fused-ring (bicyclic) bond motifs is 2. The Bertz CT molecular complexity index is 904. The molecular formula is C21H24OS. The summed E-state index contributed by atoms with van der Waals surface area (Å²) < 4.78 is 1.23. The molecule has 23 heavy (non-hydrogen) atoms. The van der Waals surface area contributed by atoms with Crippen molar-refractivity contribution in [3.63, 3.8) is 0 Å². The summed E-state index contributed by atoms with van der Waals surface area (Å²) in [6.45, 7) is 12.9. The topological polar surface area (TPSA) is 17.1 Å². The number of hydrogen-bond donors (Lipinski definition) is 0. The van der Waals surface area contributed by atoms with Crippen LogP contribution in [0, 0.1) is 0 Å². The molecule has 3 rings (SSSR count). The Morgan fingerprint density at radius 3 is 2.13 bits per heavy atom. The van der Waals surface area contributed by atoms with E-state index in [2.05, 4.69) is 71.9 Å². The van der Waals surface area contributed by atoms with E-state index in [0.717, 1.165) is 21.4 Å². The SMILES string of the molecule is CC(C)(C)c1ccc2sc3ccc(C(C)(C)C)c(=O)c-3cc2c1. The lowest BCUT2D eigenvalue weighted by atomic mass is 9.85. The van der Waals surface area contributed by atoms with Crippen LogP contribution in [0.2, 0.25) is 0 Å². The van der Waals surface area contributed by atoms with E-state index < -0.39 is 0 Å². The van der Waals surface area contributed by atoms with E-state index in [0.29, 0.717) is 0 Å². The highest BCUT2D eigenvalue weighted by Gasteiger charge is 2.21. The van der Waals surface area contributed by atoms with Gasteiger partial charge in [-0.05, 0) is 46.0 Å². The van der Waals surface area contributed by atoms with Gasteiger partial charge >= 0.3 is 0 Å². The molecule has 0 saturated heterocycles. The molecule has 0 spiro atoms. The Morgan fingerprint density at radius 2 is 1.52 bits per heavy atom. The molecule has 0 fully saturated rings. The van der Waals surface area contributed by atoms with Crippen molar-refractivity contribution in [1.29, 1.82) is 0 Å². The molecule has 1 aliphatic heterocycles. The Hall–Kier alpha value is -1.67. The molecule has 0 radical (unpaired) electrons. The first-order valence-corrected chi connectivity index (χ1v) is 8.90. The third kappa shape index (κ3) is 2.92. The summed E-state index contributed by atoms with van der Waals surface area (Å²) >= 11 is 1.70. The molecule has 2 heteroatoms. The molecule has 2 aliphatic rings. The van der Waals surface area contributed by atoms with Gasteiger partial charge in [0.2, 0.25) is 0 Å². The lowest BCUT2D eigenvalue weighted by Gasteiger charge is -2.21. The average Bonchev–Trinajstić information content (AvgIpc) is 2.43. The van der Waals surface area contributed by atoms with Crippen molar-refractivity contribution in [3.8, 4) is 10.4 Å². The van der Waals surface area contributed by atoms with Crippen LogP contribution < -0.4 is 5.43 Å². The molecule has 1 aromatic carbocycles. The molecule has 0 atom stereocenters. The Balaban J connectivity index is 2.33. The van der Waals surface area contributed by atoms with Gasteiger partial charge in [-0.1, -0.05) is 53.7 Å². The zero-order chi connectivity index (χ0) is 17.0. The lowest BCUT2D eigenvalue weighted by molar-refractivity contribution is 0.586. The summed E-state index contributed by atoms with van der Waals surface area (Å²) in [7, 11) is 0. The van der Waals surface area contributed by atoms with Crippen LogP contribution >= 0.6 is 11.3 Å². The maximum Gasteiger partial charge on any atom is 0.190 e. The van der Waals surface area contributed by atoms with Gasteiger partial charge in [-0.2, -0.15) is 0 Å². The minimum atomic E-state index is -0.127. The molecule has 0 saturated carbocycles. The van der Waals surface area contributed by atoms with Crippen molar-refractivity contribution in [3.05, 3.63) is 57.7 Å². The maximum atomic E-state index is 12.9. The largest absolute Gasteiger partial charge is 0.289 e. The first-order chi connectivity index (χ1) is 10.6. The Labute approximate surface area is 142 Å². The van der Waals surface area contributed by atoms with Gasteiger partial charge in [-0.3, -0.25) is 4.79 Å². The molecular weight excluding hydrogens is 300 g/mol. The summed E-state index contributed by atoms with van der Waals surface area (Å²) in [4.78, 5) is 14.0. The smallest absolute Gasteiger partial charge is 0.190 e. The van der Waals surface area contributed by atoms with Crippen molar-refractivity contribution in [1.82, 2.24) is 0 Å². The molecule has 0 aromatic heterocycles. The molecule has 1 aliphatic carbocycles. The summed E-state index contributed by atoms with van der Waals surface area (Å²) in [6, 6.07) is 12.8. The second-order valence-corrected chi connectivity index (χ2v) is 9.44. The van der Waals surface area contributed by atoms with Crippen LogP contribution in [0.4, 0.5) is 0 Å². The standard InChI is InChI=1S/C21H24OS/c1-20(2,3)14-7-9-17-13(11-14)12-15-18(23-17)10-8-16(19(15)22)21(4,5)6/h7-12H,1-6H3. The van der Waals surface area contributed by atoms with E-state index in [4.69, 9.17) is 0 Å². The van der Waals surface area contributed by atoms with E-state index in [9.17, 15) is 4.79 Å². The molecule has 1 heterocycles. The van der Waals surface area contributed by atoms with E-state index >= 15 is 0 Å². The summed E-state index contributed by atoms with van der Waals surface area (Å²) in [5.41, 5.74) is 3.20. The van der Waals surface area contributed by atoms with Gasteiger partial charge in [0.1, 0.15) is 0 Å². The van der Waals surface area contributed by atoms with Gasteiger partial charge in [-0.15, -0.1) is 11.3 Å². The van der Waals surface area contributed by atoms with Crippen molar-refractivity contribution >= 4 is 21.4 Å². The highest BCUT2D eigenvalue weighted by molar-refractivity contribution is 7.21. The van der Waals surface area contributed by atoms with Crippen LogP contribution in [0.15, 0.2) is 41.2 Å². The summed E-state index contributed by atoms with van der Waals surface area (Å²) in [5.74, 6) is 0. The molecule has 0 bridgehead atoms. The first kappa shape index (κ1) is 16.2. The second kappa shape index (κ2) is 5.17. The molecule has 1 aromatic rings. The number of benzene rings is 2. The monoisotopic (exact) mass is 324 g/mol. The highest BCUT2D eigenvalue weighted by Crippen LogP contribution is 2.35. The van der Waals surface area contributed by atoms with Gasteiger partial charge < -0.3 is 0 Å². The molecule has 1 nitrogen and oxygen atoms in total. The third-order valence-corrected chi connectivity index (χ3v) is 5.53. The predicted molar refractivity (Wildman–Crippen MR) is 102 cm³/mol. The number of hydrogen-bond acceptors (Lipinski definition) is 2. The molecule has 0 N–H and O–H groups in total. The van der Waals surface area contributed by atoms with Crippen molar-refractivity contribution < 1.29 is 0 Å². The summed E-state index contributed by atoms with van der Waals surface area (Å²) in [6.07, 6.45) is 0. The van der Waals surface area contributed by atoms with Crippen molar-refractivity contribution in [2.24, 2.45) is 0 Å². The van der Waals surface area contributed by atoms with Crippen LogP contribution in [0.3, 0.4) is 0 Å². The van der Waals surface area contributed by atoms with Gasteiger partial charge in [-0.25, -0.2) is 0 Å².